The number of rotatable bonds is 7. The fraction of sp³-hybridized carbons (Fsp3) is 0.333. The number of hydrogen-bond donors (Lipinski definition) is 1. The first kappa shape index (κ1) is 16.6. The van der Waals surface area contributed by atoms with Gasteiger partial charge in [0.1, 0.15) is 11.6 Å². The Bertz CT molecular complexity index is 826. The SMILES string of the molecule is Cn1c(CCNC(=O)CCCc2cccs2)nc2ccc(F)cc21. The van der Waals surface area contributed by atoms with Gasteiger partial charge in [-0.15, -0.1) is 11.3 Å². The van der Waals surface area contributed by atoms with E-state index in [0.29, 0.717) is 19.4 Å². The van der Waals surface area contributed by atoms with Gasteiger partial charge in [0, 0.05) is 31.3 Å². The molecule has 0 saturated carbocycles. The van der Waals surface area contributed by atoms with Gasteiger partial charge in [-0.2, -0.15) is 0 Å². The lowest BCUT2D eigenvalue weighted by Crippen LogP contribution is -2.26. The molecular weight excluding hydrogens is 325 g/mol. The van der Waals surface area contributed by atoms with E-state index in [9.17, 15) is 9.18 Å². The summed E-state index contributed by atoms with van der Waals surface area (Å²) in [5, 5.41) is 4.98. The monoisotopic (exact) mass is 345 g/mol. The molecule has 0 bridgehead atoms. The predicted molar refractivity (Wildman–Crippen MR) is 94.6 cm³/mol. The number of aromatic nitrogens is 2. The molecule has 4 nitrogen and oxygen atoms in total. The van der Waals surface area contributed by atoms with Crippen molar-refractivity contribution in [2.24, 2.45) is 7.05 Å². The molecule has 0 radical (unpaired) electrons. The molecule has 0 spiro atoms. The molecule has 1 N–H and O–H groups in total. The number of carbonyl (C=O) groups is 1. The van der Waals surface area contributed by atoms with Crippen molar-refractivity contribution in [2.75, 3.05) is 6.54 Å². The van der Waals surface area contributed by atoms with E-state index in [1.54, 1.807) is 17.4 Å². The lowest BCUT2D eigenvalue weighted by molar-refractivity contribution is -0.121. The summed E-state index contributed by atoms with van der Waals surface area (Å²) in [6.07, 6.45) is 2.97. The van der Waals surface area contributed by atoms with Gasteiger partial charge in [-0.05, 0) is 42.5 Å². The summed E-state index contributed by atoms with van der Waals surface area (Å²) in [4.78, 5) is 17.7. The third-order valence-electron chi connectivity index (χ3n) is 4.01. The van der Waals surface area contributed by atoms with Gasteiger partial charge >= 0.3 is 0 Å². The Morgan fingerprint density at radius 3 is 3.00 bits per heavy atom. The number of nitrogens with zero attached hydrogens (tertiary/aromatic N) is 2. The maximum absolute atomic E-state index is 13.3. The van der Waals surface area contributed by atoms with Crippen LogP contribution in [0.2, 0.25) is 0 Å². The van der Waals surface area contributed by atoms with Crippen LogP contribution in [0.15, 0.2) is 35.7 Å². The van der Waals surface area contributed by atoms with E-state index in [0.717, 1.165) is 29.7 Å². The second-order valence-corrected chi connectivity index (χ2v) is 6.79. The Morgan fingerprint density at radius 1 is 1.33 bits per heavy atom. The normalized spacial score (nSPS) is 11.1. The second-order valence-electron chi connectivity index (χ2n) is 5.75. The molecule has 6 heteroatoms. The van der Waals surface area contributed by atoms with E-state index in [2.05, 4.69) is 21.7 Å². The first-order chi connectivity index (χ1) is 11.6. The fourth-order valence-electron chi connectivity index (χ4n) is 2.72. The Kier molecular flexibility index (Phi) is 5.25. The van der Waals surface area contributed by atoms with Crippen LogP contribution in [0.1, 0.15) is 23.5 Å². The molecule has 0 fully saturated rings. The number of aryl methyl sites for hydroxylation is 2. The van der Waals surface area contributed by atoms with E-state index in [1.807, 2.05) is 17.7 Å². The van der Waals surface area contributed by atoms with Crippen LogP contribution < -0.4 is 5.32 Å². The topological polar surface area (TPSA) is 46.9 Å². The minimum absolute atomic E-state index is 0.0661. The number of benzene rings is 1. The number of hydrogen-bond acceptors (Lipinski definition) is 3. The van der Waals surface area contributed by atoms with Gasteiger partial charge < -0.3 is 9.88 Å². The Morgan fingerprint density at radius 2 is 2.21 bits per heavy atom. The summed E-state index contributed by atoms with van der Waals surface area (Å²) in [5.74, 6) is 0.641. The minimum atomic E-state index is -0.268. The van der Waals surface area contributed by atoms with Crippen LogP contribution in [0.25, 0.3) is 11.0 Å². The molecule has 1 aromatic carbocycles. The summed E-state index contributed by atoms with van der Waals surface area (Å²) >= 11 is 1.72. The highest BCUT2D eigenvalue weighted by atomic mass is 32.1. The molecule has 0 aliphatic heterocycles. The molecule has 1 amide bonds. The summed E-state index contributed by atoms with van der Waals surface area (Å²) in [5.41, 5.74) is 1.54. The largest absolute Gasteiger partial charge is 0.356 e. The molecule has 3 aromatic rings. The zero-order chi connectivity index (χ0) is 16.9. The van der Waals surface area contributed by atoms with Crippen LogP contribution in [-0.2, 0) is 24.7 Å². The van der Waals surface area contributed by atoms with E-state index < -0.39 is 0 Å². The smallest absolute Gasteiger partial charge is 0.220 e. The summed E-state index contributed by atoms with van der Waals surface area (Å²) in [7, 11) is 1.87. The van der Waals surface area contributed by atoms with Crippen LogP contribution in [-0.4, -0.2) is 22.0 Å². The van der Waals surface area contributed by atoms with Crippen molar-refractivity contribution >= 4 is 28.3 Å². The number of nitrogens with one attached hydrogen (secondary N) is 1. The van der Waals surface area contributed by atoms with Crippen molar-refractivity contribution in [2.45, 2.75) is 25.7 Å². The van der Waals surface area contributed by atoms with Gasteiger partial charge in [-0.3, -0.25) is 4.79 Å². The lowest BCUT2D eigenvalue weighted by atomic mass is 10.2. The van der Waals surface area contributed by atoms with Crippen LogP contribution in [0, 0.1) is 5.82 Å². The number of carbonyl (C=O) groups excluding carboxylic acids is 1. The van der Waals surface area contributed by atoms with Gasteiger partial charge in [-0.1, -0.05) is 6.07 Å². The van der Waals surface area contributed by atoms with E-state index in [1.165, 1.54) is 17.0 Å². The number of halogens is 1. The third kappa shape index (κ3) is 4.00. The third-order valence-corrected chi connectivity index (χ3v) is 4.95. The summed E-state index contributed by atoms with van der Waals surface area (Å²) < 4.78 is 15.2. The molecule has 24 heavy (non-hydrogen) atoms. The molecule has 0 atom stereocenters. The maximum atomic E-state index is 13.3. The van der Waals surface area contributed by atoms with Gasteiger partial charge in [0.2, 0.25) is 5.91 Å². The van der Waals surface area contributed by atoms with Crippen molar-refractivity contribution in [3.8, 4) is 0 Å². The fourth-order valence-corrected chi connectivity index (χ4v) is 3.47. The average molecular weight is 345 g/mol. The van der Waals surface area contributed by atoms with Gasteiger partial charge in [0.15, 0.2) is 0 Å². The van der Waals surface area contributed by atoms with E-state index in [-0.39, 0.29) is 11.7 Å². The predicted octanol–water partition coefficient (Wildman–Crippen LogP) is 3.46. The molecule has 0 saturated heterocycles. The molecule has 2 heterocycles. The van der Waals surface area contributed by atoms with Crippen molar-refractivity contribution < 1.29 is 9.18 Å². The molecule has 0 unspecified atom stereocenters. The highest BCUT2D eigenvalue weighted by Crippen LogP contribution is 2.16. The van der Waals surface area contributed by atoms with Gasteiger partial charge in [0.05, 0.1) is 11.0 Å². The Balaban J connectivity index is 1.46. The Labute approximate surface area is 144 Å². The molecule has 2 aromatic heterocycles. The van der Waals surface area contributed by atoms with Crippen molar-refractivity contribution in [3.05, 3.63) is 52.2 Å². The molecule has 0 aliphatic carbocycles. The number of fused-ring (bicyclic) bond motifs is 1. The molecular formula is C18H20FN3OS. The molecule has 0 aliphatic rings. The van der Waals surface area contributed by atoms with Crippen LogP contribution >= 0.6 is 11.3 Å². The standard InChI is InChI=1S/C18H20FN3OS/c1-22-16-12-13(19)7-8-15(16)21-17(22)9-10-20-18(23)6-2-4-14-5-3-11-24-14/h3,5,7-8,11-12H,2,4,6,9-10H2,1H3,(H,20,23). The van der Waals surface area contributed by atoms with Crippen molar-refractivity contribution in [1.82, 2.24) is 14.9 Å². The number of amides is 1. The van der Waals surface area contributed by atoms with Gasteiger partial charge in [0.25, 0.3) is 0 Å². The van der Waals surface area contributed by atoms with E-state index in [4.69, 9.17) is 0 Å². The highest BCUT2D eigenvalue weighted by molar-refractivity contribution is 7.09. The first-order valence-corrected chi connectivity index (χ1v) is 8.91. The Hall–Kier alpha value is -2.21. The first-order valence-electron chi connectivity index (χ1n) is 8.03. The van der Waals surface area contributed by atoms with Gasteiger partial charge in [-0.25, -0.2) is 9.37 Å². The lowest BCUT2D eigenvalue weighted by Gasteiger charge is -2.05. The summed E-state index contributed by atoms with van der Waals surface area (Å²) in [6, 6.07) is 8.70. The van der Waals surface area contributed by atoms with Crippen LogP contribution in [0.4, 0.5) is 4.39 Å². The average Bonchev–Trinajstić information content (AvgIpc) is 3.17. The minimum Gasteiger partial charge on any atom is -0.356 e. The van der Waals surface area contributed by atoms with Crippen molar-refractivity contribution in [1.29, 1.82) is 0 Å². The summed E-state index contributed by atoms with van der Waals surface area (Å²) in [6.45, 7) is 0.539. The van der Waals surface area contributed by atoms with Crippen LogP contribution in [0.3, 0.4) is 0 Å². The van der Waals surface area contributed by atoms with E-state index >= 15 is 0 Å². The van der Waals surface area contributed by atoms with Crippen LogP contribution in [0.5, 0.6) is 0 Å². The zero-order valence-corrected chi connectivity index (χ0v) is 14.4. The quantitative estimate of drug-likeness (QED) is 0.713. The second kappa shape index (κ2) is 7.57. The number of thiophene rings is 1. The van der Waals surface area contributed by atoms with Crippen molar-refractivity contribution in [3.63, 3.8) is 0 Å². The molecule has 126 valence electrons. The zero-order valence-electron chi connectivity index (χ0n) is 13.6. The maximum Gasteiger partial charge on any atom is 0.220 e. The molecule has 3 rings (SSSR count). The highest BCUT2D eigenvalue weighted by Gasteiger charge is 2.09. The number of imidazole rings is 1.